The first-order valence-electron chi connectivity index (χ1n) is 13.1. The Hall–Kier alpha value is -4.26. The van der Waals surface area contributed by atoms with Crippen LogP contribution in [0.1, 0.15) is 52.0 Å². The van der Waals surface area contributed by atoms with Crippen molar-refractivity contribution in [2.75, 3.05) is 14.2 Å². The number of carbonyl (C=O) groups excluding carboxylic acids is 3. The molecule has 3 fully saturated rings. The SMILES string of the molecule is CNC(=O)c1c(-c2ccc(F)cc2)oc2cc(CC(=O)OC)c(-c3cccc(C(=O)CC45CC(C4)C5)c3)cc12. The van der Waals surface area contributed by atoms with Crippen molar-refractivity contribution in [3.63, 3.8) is 0 Å². The van der Waals surface area contributed by atoms with Crippen molar-refractivity contribution in [2.45, 2.75) is 32.1 Å². The molecule has 0 radical (unpaired) electrons. The fourth-order valence-electron chi connectivity index (χ4n) is 6.16. The first-order valence-corrected chi connectivity index (χ1v) is 13.1. The molecule has 1 aromatic heterocycles. The van der Waals surface area contributed by atoms with Crippen LogP contribution in [0.4, 0.5) is 4.39 Å². The molecule has 2 bridgehead atoms. The molecule has 0 saturated heterocycles. The summed E-state index contributed by atoms with van der Waals surface area (Å²) in [5.74, 6) is 0.0422. The van der Waals surface area contributed by atoms with Gasteiger partial charge < -0.3 is 14.5 Å². The lowest BCUT2D eigenvalue weighted by atomic mass is 9.43. The lowest BCUT2D eigenvalue weighted by Crippen LogP contribution is -2.52. The molecule has 198 valence electrons. The van der Waals surface area contributed by atoms with E-state index in [-0.39, 0.29) is 23.5 Å². The van der Waals surface area contributed by atoms with Gasteiger partial charge in [-0.1, -0.05) is 18.2 Å². The zero-order valence-electron chi connectivity index (χ0n) is 21.8. The standard InChI is InChI=1S/C32H28FNO5/c1-34-31(37)29-25-13-24(20-4-3-5-21(10-20)26(35)17-32-14-18(15-32)16-32)22(12-28(36)38-2)11-27(25)39-30(29)19-6-8-23(33)9-7-19/h3-11,13,18H,12,14-17H2,1-2H3,(H,34,37). The minimum atomic E-state index is -0.428. The molecule has 3 aliphatic carbocycles. The van der Waals surface area contributed by atoms with Crippen molar-refractivity contribution >= 4 is 28.6 Å². The molecule has 0 atom stereocenters. The Morgan fingerprint density at radius 1 is 1.03 bits per heavy atom. The van der Waals surface area contributed by atoms with Crippen LogP contribution in [0.25, 0.3) is 33.4 Å². The van der Waals surface area contributed by atoms with Gasteiger partial charge in [0, 0.05) is 30.0 Å². The number of benzene rings is 3. The van der Waals surface area contributed by atoms with Gasteiger partial charge >= 0.3 is 5.97 Å². The van der Waals surface area contributed by atoms with Crippen LogP contribution in [0.15, 0.2) is 65.1 Å². The molecule has 1 amide bonds. The van der Waals surface area contributed by atoms with Crippen LogP contribution in [-0.2, 0) is 16.0 Å². The Balaban J connectivity index is 1.49. The molecule has 39 heavy (non-hydrogen) atoms. The molecule has 1 N–H and O–H groups in total. The number of rotatable bonds is 8. The van der Waals surface area contributed by atoms with E-state index in [9.17, 15) is 18.8 Å². The maximum Gasteiger partial charge on any atom is 0.310 e. The van der Waals surface area contributed by atoms with E-state index in [4.69, 9.17) is 9.15 Å². The van der Waals surface area contributed by atoms with Crippen LogP contribution >= 0.6 is 0 Å². The van der Waals surface area contributed by atoms with E-state index in [1.165, 1.54) is 26.3 Å². The predicted molar refractivity (Wildman–Crippen MR) is 145 cm³/mol. The zero-order valence-corrected chi connectivity index (χ0v) is 21.8. The van der Waals surface area contributed by atoms with Gasteiger partial charge in [-0.25, -0.2) is 4.39 Å². The molecule has 4 aromatic rings. The average Bonchev–Trinajstić information content (AvgIpc) is 3.27. The largest absolute Gasteiger partial charge is 0.469 e. The van der Waals surface area contributed by atoms with E-state index in [1.807, 2.05) is 30.3 Å². The molecule has 3 saturated carbocycles. The van der Waals surface area contributed by atoms with Gasteiger partial charge in [0.1, 0.15) is 17.2 Å². The highest BCUT2D eigenvalue weighted by atomic mass is 19.1. The quantitative estimate of drug-likeness (QED) is 0.214. The van der Waals surface area contributed by atoms with E-state index in [1.54, 1.807) is 18.2 Å². The number of carbonyl (C=O) groups is 3. The predicted octanol–water partition coefficient (Wildman–Crippen LogP) is 6.35. The summed E-state index contributed by atoms with van der Waals surface area (Å²) in [4.78, 5) is 38.6. The molecule has 3 aliphatic rings. The summed E-state index contributed by atoms with van der Waals surface area (Å²) >= 11 is 0. The molecule has 0 spiro atoms. The maximum atomic E-state index is 13.6. The van der Waals surface area contributed by atoms with E-state index in [2.05, 4.69) is 5.32 Å². The van der Waals surface area contributed by atoms with E-state index in [0.717, 1.165) is 30.7 Å². The number of hydrogen-bond donors (Lipinski definition) is 1. The second-order valence-electron chi connectivity index (χ2n) is 10.8. The smallest absolute Gasteiger partial charge is 0.310 e. The van der Waals surface area contributed by atoms with Crippen LogP contribution in [0.3, 0.4) is 0 Å². The number of halogens is 1. The van der Waals surface area contributed by atoms with Crippen LogP contribution in [0, 0.1) is 17.2 Å². The average molecular weight is 526 g/mol. The Morgan fingerprint density at radius 2 is 1.77 bits per heavy atom. The number of furan rings is 1. The molecule has 6 nitrogen and oxygen atoms in total. The Labute approximate surface area is 225 Å². The number of esters is 1. The topological polar surface area (TPSA) is 85.6 Å². The van der Waals surface area contributed by atoms with Gasteiger partial charge in [-0.2, -0.15) is 0 Å². The number of Topliss-reactive ketones (excluding diaryl/α,β-unsaturated/α-hetero) is 1. The first-order chi connectivity index (χ1) is 18.8. The summed E-state index contributed by atoms with van der Waals surface area (Å²) in [7, 11) is 2.86. The third-order valence-corrected chi connectivity index (χ3v) is 8.23. The van der Waals surface area contributed by atoms with Crippen molar-refractivity contribution in [3.05, 3.63) is 83.2 Å². The summed E-state index contributed by atoms with van der Waals surface area (Å²) in [6.45, 7) is 0. The van der Waals surface area contributed by atoms with Gasteiger partial charge in [-0.05, 0) is 89.8 Å². The highest BCUT2D eigenvalue weighted by Crippen LogP contribution is 2.66. The first kappa shape index (κ1) is 25.0. The molecular weight excluding hydrogens is 497 g/mol. The molecule has 1 heterocycles. The Morgan fingerprint density at radius 3 is 2.41 bits per heavy atom. The summed E-state index contributed by atoms with van der Waals surface area (Å²) < 4.78 is 24.7. The number of fused-ring (bicyclic) bond motifs is 1. The number of nitrogens with one attached hydrogen (secondary N) is 1. The van der Waals surface area contributed by atoms with Gasteiger partial charge in [0.25, 0.3) is 5.91 Å². The Kier molecular flexibility index (Phi) is 6.09. The van der Waals surface area contributed by atoms with Gasteiger partial charge in [0.05, 0.1) is 19.1 Å². The summed E-state index contributed by atoms with van der Waals surface area (Å²) in [6.07, 6.45) is 3.99. The number of methoxy groups -OCH3 is 1. The van der Waals surface area contributed by atoms with Crippen LogP contribution in [0.5, 0.6) is 0 Å². The summed E-state index contributed by atoms with van der Waals surface area (Å²) in [6, 6.07) is 16.7. The number of ketones is 1. The van der Waals surface area contributed by atoms with Gasteiger partial charge in [-0.15, -0.1) is 0 Å². The number of ether oxygens (including phenoxy) is 1. The fraction of sp³-hybridized carbons (Fsp3) is 0.281. The minimum Gasteiger partial charge on any atom is -0.469 e. The molecule has 7 rings (SSSR count). The second kappa shape index (κ2) is 9.49. The van der Waals surface area contributed by atoms with Gasteiger partial charge in [0.2, 0.25) is 0 Å². The van der Waals surface area contributed by atoms with Crippen molar-refractivity contribution in [2.24, 2.45) is 11.3 Å². The van der Waals surface area contributed by atoms with E-state index in [0.29, 0.717) is 51.0 Å². The third-order valence-electron chi connectivity index (χ3n) is 8.23. The van der Waals surface area contributed by atoms with Gasteiger partial charge in [-0.3, -0.25) is 14.4 Å². The molecule has 3 aromatic carbocycles. The zero-order chi connectivity index (χ0) is 27.3. The van der Waals surface area contributed by atoms with Crippen molar-refractivity contribution in [3.8, 4) is 22.5 Å². The normalized spacial score (nSPS) is 19.2. The lowest BCUT2D eigenvalue weighted by Gasteiger charge is -2.62. The van der Waals surface area contributed by atoms with Crippen LogP contribution in [-0.4, -0.2) is 31.8 Å². The summed E-state index contributed by atoms with van der Waals surface area (Å²) in [5, 5.41) is 3.21. The monoisotopic (exact) mass is 525 g/mol. The fourth-order valence-corrected chi connectivity index (χ4v) is 6.16. The van der Waals surface area contributed by atoms with Crippen molar-refractivity contribution < 1.29 is 27.9 Å². The number of hydrogen-bond acceptors (Lipinski definition) is 5. The van der Waals surface area contributed by atoms with Crippen molar-refractivity contribution in [1.82, 2.24) is 5.32 Å². The molecule has 7 heteroatoms. The second-order valence-corrected chi connectivity index (χ2v) is 10.8. The Bertz CT molecular complexity index is 1620. The maximum absolute atomic E-state index is 13.6. The highest BCUT2D eigenvalue weighted by Gasteiger charge is 2.56. The van der Waals surface area contributed by atoms with E-state index < -0.39 is 11.8 Å². The highest BCUT2D eigenvalue weighted by molar-refractivity contribution is 6.12. The van der Waals surface area contributed by atoms with E-state index >= 15 is 0 Å². The molecule has 0 unspecified atom stereocenters. The van der Waals surface area contributed by atoms with Crippen LogP contribution < -0.4 is 5.32 Å². The molecule has 0 aliphatic heterocycles. The number of amides is 1. The lowest BCUT2D eigenvalue weighted by molar-refractivity contribution is -0.139. The van der Waals surface area contributed by atoms with Crippen molar-refractivity contribution in [1.29, 1.82) is 0 Å². The van der Waals surface area contributed by atoms with Crippen LogP contribution in [0.2, 0.25) is 0 Å². The molecular formula is C32H28FNO5. The third kappa shape index (κ3) is 4.42. The minimum absolute atomic E-state index is 0.0215. The van der Waals surface area contributed by atoms with Gasteiger partial charge in [0.15, 0.2) is 5.78 Å². The summed E-state index contributed by atoms with van der Waals surface area (Å²) in [5.41, 5.74) is 4.18.